The number of fused-ring (bicyclic) bond motifs is 1. The number of H-pyrrole nitrogens is 1. The zero-order valence-corrected chi connectivity index (χ0v) is 17.4. The first-order valence-electron chi connectivity index (χ1n) is 9.52. The summed E-state index contributed by atoms with van der Waals surface area (Å²) in [5, 5.41) is 5.13. The van der Waals surface area contributed by atoms with Gasteiger partial charge in [-0.3, -0.25) is 9.59 Å². The molecule has 0 bridgehead atoms. The quantitative estimate of drug-likeness (QED) is 0.520. The number of hydrogen-bond donors (Lipinski definition) is 1. The monoisotopic (exact) mass is 413 g/mol. The van der Waals surface area contributed by atoms with Gasteiger partial charge in [0.25, 0.3) is 5.56 Å². The van der Waals surface area contributed by atoms with Crippen molar-refractivity contribution in [1.82, 2.24) is 24.6 Å². The van der Waals surface area contributed by atoms with E-state index in [1.54, 1.807) is 9.58 Å². The van der Waals surface area contributed by atoms with E-state index in [1.165, 1.54) is 18.0 Å². The number of amides is 1. The molecule has 8 nitrogen and oxygen atoms in total. The van der Waals surface area contributed by atoms with Gasteiger partial charge >= 0.3 is 0 Å². The summed E-state index contributed by atoms with van der Waals surface area (Å²) >= 11 is 1.22. The topological polar surface area (TPSA) is 93.1 Å². The second-order valence-electron chi connectivity index (χ2n) is 7.34. The van der Waals surface area contributed by atoms with Crippen molar-refractivity contribution < 1.29 is 9.53 Å². The van der Waals surface area contributed by atoms with Gasteiger partial charge in [0.05, 0.1) is 29.8 Å². The van der Waals surface area contributed by atoms with Crippen molar-refractivity contribution in [2.24, 2.45) is 0 Å². The summed E-state index contributed by atoms with van der Waals surface area (Å²) in [4.78, 5) is 34.2. The Morgan fingerprint density at radius 2 is 1.93 bits per heavy atom. The first-order chi connectivity index (χ1) is 13.9. The Hall–Kier alpha value is -2.65. The molecule has 2 unspecified atom stereocenters. The second kappa shape index (κ2) is 8.00. The van der Waals surface area contributed by atoms with E-state index in [4.69, 9.17) is 4.74 Å². The van der Waals surface area contributed by atoms with Crippen LogP contribution in [0.1, 0.15) is 19.4 Å². The number of benzene rings is 1. The maximum atomic E-state index is 12.6. The molecule has 2 aromatic heterocycles. The average molecular weight is 414 g/mol. The molecular weight excluding hydrogens is 390 g/mol. The van der Waals surface area contributed by atoms with Crippen LogP contribution in [0.3, 0.4) is 0 Å². The number of nitrogens with one attached hydrogen (secondary N) is 1. The molecule has 4 rings (SSSR count). The van der Waals surface area contributed by atoms with E-state index in [1.807, 2.05) is 45.0 Å². The lowest BCUT2D eigenvalue weighted by molar-refractivity contribution is -0.140. The summed E-state index contributed by atoms with van der Waals surface area (Å²) in [7, 11) is 0. The van der Waals surface area contributed by atoms with Crippen LogP contribution in [0.5, 0.6) is 0 Å². The van der Waals surface area contributed by atoms with Gasteiger partial charge in [0.2, 0.25) is 5.91 Å². The van der Waals surface area contributed by atoms with Crippen LogP contribution in [0.25, 0.3) is 16.7 Å². The zero-order valence-electron chi connectivity index (χ0n) is 16.6. The Morgan fingerprint density at radius 1 is 1.24 bits per heavy atom. The molecule has 0 saturated carbocycles. The molecule has 1 saturated heterocycles. The standard InChI is InChI=1S/C20H23N5O3S/c1-12-4-6-15(7-5-12)25-18-16(8-21-25)19(27)23-20(22-18)29-11-17(26)24-9-13(2)28-14(3)10-24/h4-8,13-14H,9-11H2,1-3H3,(H,22,23,27). The molecule has 1 aromatic carbocycles. The highest BCUT2D eigenvalue weighted by Crippen LogP contribution is 2.19. The molecule has 9 heteroatoms. The molecular formula is C20H23N5O3S. The van der Waals surface area contributed by atoms with Crippen LogP contribution in [0, 0.1) is 6.92 Å². The number of ether oxygens (including phenoxy) is 1. The fraction of sp³-hybridized carbons (Fsp3) is 0.400. The van der Waals surface area contributed by atoms with Gasteiger partial charge in [-0.25, -0.2) is 9.67 Å². The first kappa shape index (κ1) is 19.7. The van der Waals surface area contributed by atoms with Crippen LogP contribution in [0.4, 0.5) is 0 Å². The number of thioether (sulfide) groups is 1. The minimum atomic E-state index is -0.267. The van der Waals surface area contributed by atoms with E-state index in [9.17, 15) is 9.59 Å². The number of aryl methyl sites for hydroxylation is 1. The van der Waals surface area contributed by atoms with Gasteiger partial charge < -0.3 is 14.6 Å². The third kappa shape index (κ3) is 4.20. The molecule has 1 aliphatic rings. The largest absolute Gasteiger partial charge is 0.372 e. The highest BCUT2D eigenvalue weighted by molar-refractivity contribution is 7.99. The predicted molar refractivity (Wildman–Crippen MR) is 112 cm³/mol. The summed E-state index contributed by atoms with van der Waals surface area (Å²) in [6.45, 7) is 7.08. The molecule has 1 N–H and O–H groups in total. The SMILES string of the molecule is Cc1ccc(-n2ncc3c(=O)[nH]c(SCC(=O)N4CC(C)OC(C)C4)nc32)cc1. The molecule has 152 valence electrons. The lowest BCUT2D eigenvalue weighted by Crippen LogP contribution is -2.48. The number of carbonyl (C=O) groups excluding carboxylic acids is 1. The van der Waals surface area contributed by atoms with Crippen LogP contribution in [0.2, 0.25) is 0 Å². The van der Waals surface area contributed by atoms with Crippen molar-refractivity contribution in [2.45, 2.75) is 38.1 Å². The highest BCUT2D eigenvalue weighted by Gasteiger charge is 2.26. The Balaban J connectivity index is 1.55. The summed E-state index contributed by atoms with van der Waals surface area (Å²) in [6, 6.07) is 7.83. The number of aromatic amines is 1. The van der Waals surface area contributed by atoms with E-state index < -0.39 is 0 Å². The molecule has 3 aromatic rings. The van der Waals surface area contributed by atoms with Crippen LogP contribution in [0.15, 0.2) is 40.4 Å². The fourth-order valence-electron chi connectivity index (χ4n) is 3.44. The normalized spacial score (nSPS) is 19.6. The highest BCUT2D eigenvalue weighted by atomic mass is 32.2. The molecule has 3 heterocycles. The third-order valence-corrected chi connectivity index (χ3v) is 5.66. The van der Waals surface area contributed by atoms with Gasteiger partial charge in [-0.05, 0) is 32.9 Å². The molecule has 1 fully saturated rings. The summed E-state index contributed by atoms with van der Waals surface area (Å²) < 4.78 is 7.32. The molecule has 0 aliphatic carbocycles. The van der Waals surface area contributed by atoms with Gasteiger partial charge in [-0.15, -0.1) is 0 Å². The van der Waals surface area contributed by atoms with Crippen LogP contribution in [-0.4, -0.2) is 61.6 Å². The second-order valence-corrected chi connectivity index (χ2v) is 8.31. The van der Waals surface area contributed by atoms with E-state index >= 15 is 0 Å². The average Bonchev–Trinajstić information content (AvgIpc) is 3.10. The first-order valence-corrected chi connectivity index (χ1v) is 10.5. The molecule has 1 aliphatic heterocycles. The molecule has 2 atom stereocenters. The van der Waals surface area contributed by atoms with Gasteiger partial charge in [-0.2, -0.15) is 5.10 Å². The minimum Gasteiger partial charge on any atom is -0.372 e. The van der Waals surface area contributed by atoms with Crippen molar-refractivity contribution in [3.05, 3.63) is 46.4 Å². The van der Waals surface area contributed by atoms with Crippen molar-refractivity contribution >= 4 is 28.7 Å². The number of morpholine rings is 1. The fourth-order valence-corrected chi connectivity index (χ4v) is 4.20. The Morgan fingerprint density at radius 3 is 2.62 bits per heavy atom. The van der Waals surface area contributed by atoms with E-state index in [2.05, 4.69) is 15.1 Å². The summed E-state index contributed by atoms with van der Waals surface area (Å²) in [5.74, 6) is 0.207. The van der Waals surface area contributed by atoms with Crippen LogP contribution < -0.4 is 5.56 Å². The Kier molecular flexibility index (Phi) is 5.42. The Bertz CT molecular complexity index is 1080. The van der Waals surface area contributed by atoms with Crippen LogP contribution >= 0.6 is 11.8 Å². The Labute approximate surface area is 172 Å². The predicted octanol–water partition coefficient (Wildman–Crippen LogP) is 2.15. The third-order valence-electron chi connectivity index (χ3n) is 4.80. The number of carbonyl (C=O) groups is 1. The van der Waals surface area contributed by atoms with Crippen molar-refractivity contribution in [3.63, 3.8) is 0 Å². The van der Waals surface area contributed by atoms with Gasteiger partial charge in [0.1, 0.15) is 5.39 Å². The van der Waals surface area contributed by atoms with Gasteiger partial charge in [0, 0.05) is 13.1 Å². The minimum absolute atomic E-state index is 0.00629. The summed E-state index contributed by atoms with van der Waals surface area (Å²) in [5.41, 5.74) is 2.17. The molecule has 0 radical (unpaired) electrons. The van der Waals surface area contributed by atoms with Crippen molar-refractivity contribution in [2.75, 3.05) is 18.8 Å². The summed E-state index contributed by atoms with van der Waals surface area (Å²) in [6.07, 6.45) is 1.55. The molecule has 0 spiro atoms. The maximum Gasteiger partial charge on any atom is 0.262 e. The molecule has 1 amide bonds. The number of hydrogen-bond acceptors (Lipinski definition) is 6. The van der Waals surface area contributed by atoms with Crippen molar-refractivity contribution in [3.8, 4) is 5.69 Å². The lowest BCUT2D eigenvalue weighted by atomic mass is 10.2. The van der Waals surface area contributed by atoms with Gasteiger partial charge in [-0.1, -0.05) is 29.5 Å². The van der Waals surface area contributed by atoms with Crippen LogP contribution in [-0.2, 0) is 9.53 Å². The maximum absolute atomic E-state index is 12.6. The van der Waals surface area contributed by atoms with E-state index in [0.29, 0.717) is 29.3 Å². The lowest BCUT2D eigenvalue weighted by Gasteiger charge is -2.35. The van der Waals surface area contributed by atoms with Gasteiger partial charge in [0.15, 0.2) is 10.8 Å². The zero-order chi connectivity index (χ0) is 20.5. The number of nitrogens with zero attached hydrogens (tertiary/aromatic N) is 4. The number of rotatable bonds is 4. The van der Waals surface area contributed by atoms with E-state index in [0.717, 1.165) is 11.3 Å². The molecule has 29 heavy (non-hydrogen) atoms. The van der Waals surface area contributed by atoms with Crippen molar-refractivity contribution in [1.29, 1.82) is 0 Å². The number of aromatic nitrogens is 4. The van der Waals surface area contributed by atoms with E-state index in [-0.39, 0.29) is 29.4 Å². The smallest absolute Gasteiger partial charge is 0.262 e.